The molecule has 12 heavy (non-hydrogen) atoms. The molecule has 1 rings (SSSR count). The number of hydrogen-bond donors (Lipinski definition) is 0. The van der Waals surface area contributed by atoms with Gasteiger partial charge in [0, 0.05) is 7.11 Å². The third-order valence-corrected chi connectivity index (χ3v) is 1.87. The molecule has 0 amide bonds. The summed E-state index contributed by atoms with van der Waals surface area (Å²) in [7, 11) is 1.55. The molecule has 1 aliphatic rings. The van der Waals surface area contributed by atoms with E-state index in [1.54, 1.807) is 7.11 Å². The molecule has 0 aromatic carbocycles. The van der Waals surface area contributed by atoms with E-state index in [-0.39, 0.29) is 25.0 Å². The smallest absolute Gasteiger partial charge is 0.308 e. The van der Waals surface area contributed by atoms with Crippen molar-refractivity contribution < 1.29 is 19.0 Å². The normalized spacial score (nSPS) is 29.0. The van der Waals surface area contributed by atoms with Gasteiger partial charge in [-0.05, 0) is 6.42 Å². The Balaban J connectivity index is 2.35. The van der Waals surface area contributed by atoms with E-state index in [4.69, 9.17) is 14.2 Å². The minimum absolute atomic E-state index is 0.0901. The van der Waals surface area contributed by atoms with Crippen LogP contribution in [-0.4, -0.2) is 32.1 Å². The van der Waals surface area contributed by atoms with Crippen LogP contribution in [0.3, 0.4) is 0 Å². The quantitative estimate of drug-likeness (QED) is 0.465. The Morgan fingerprint density at radius 1 is 1.67 bits per heavy atom. The van der Waals surface area contributed by atoms with Crippen LogP contribution in [-0.2, 0) is 19.0 Å². The van der Waals surface area contributed by atoms with Gasteiger partial charge in [-0.1, -0.05) is 6.92 Å². The zero-order valence-corrected chi connectivity index (χ0v) is 7.41. The van der Waals surface area contributed by atoms with Crippen LogP contribution < -0.4 is 0 Å². The lowest BCUT2D eigenvalue weighted by molar-refractivity contribution is -0.142. The summed E-state index contributed by atoms with van der Waals surface area (Å²) in [5, 5.41) is 0. The van der Waals surface area contributed by atoms with Crippen LogP contribution in [0.15, 0.2) is 0 Å². The minimum Gasteiger partial charge on any atom is -0.460 e. The van der Waals surface area contributed by atoms with Crippen molar-refractivity contribution in [2.24, 2.45) is 0 Å². The first-order valence-electron chi connectivity index (χ1n) is 4.08. The van der Waals surface area contributed by atoms with Crippen molar-refractivity contribution >= 4 is 5.97 Å². The first-order chi connectivity index (χ1) is 5.77. The van der Waals surface area contributed by atoms with E-state index in [1.807, 2.05) is 6.92 Å². The minimum atomic E-state index is -0.178. The maximum atomic E-state index is 10.8. The van der Waals surface area contributed by atoms with Crippen molar-refractivity contribution in [3.05, 3.63) is 0 Å². The van der Waals surface area contributed by atoms with Crippen molar-refractivity contribution in [3.8, 4) is 0 Å². The molecule has 0 aromatic heterocycles. The van der Waals surface area contributed by atoms with Crippen LogP contribution in [0, 0.1) is 0 Å². The Morgan fingerprint density at radius 2 is 2.42 bits per heavy atom. The maximum absolute atomic E-state index is 10.8. The topological polar surface area (TPSA) is 44.8 Å². The molecule has 1 heterocycles. The van der Waals surface area contributed by atoms with Crippen molar-refractivity contribution in [3.63, 3.8) is 0 Å². The third kappa shape index (κ3) is 2.19. The molecule has 0 saturated carbocycles. The first-order valence-corrected chi connectivity index (χ1v) is 4.08. The standard InChI is InChI=1S/C8H14O4/c1-3-6-7(11-5-10-2)4-8(9)12-6/h6-7H,3-5H2,1-2H3/t6-,7+/m0/s1. The molecule has 4 nitrogen and oxygen atoms in total. The van der Waals surface area contributed by atoms with Gasteiger partial charge in [-0.15, -0.1) is 0 Å². The maximum Gasteiger partial charge on any atom is 0.308 e. The van der Waals surface area contributed by atoms with E-state index in [0.29, 0.717) is 6.42 Å². The van der Waals surface area contributed by atoms with Gasteiger partial charge in [0.25, 0.3) is 0 Å². The predicted molar refractivity (Wildman–Crippen MR) is 41.5 cm³/mol. The van der Waals surface area contributed by atoms with Gasteiger partial charge in [0.15, 0.2) is 0 Å². The lowest BCUT2D eigenvalue weighted by Crippen LogP contribution is -2.24. The van der Waals surface area contributed by atoms with Gasteiger partial charge >= 0.3 is 5.97 Å². The summed E-state index contributed by atoms with van der Waals surface area (Å²) in [5.74, 6) is -0.178. The molecule has 1 saturated heterocycles. The molecular formula is C8H14O4. The molecule has 0 bridgehead atoms. The second-order valence-corrected chi connectivity index (χ2v) is 2.75. The van der Waals surface area contributed by atoms with Crippen LogP contribution in [0.25, 0.3) is 0 Å². The Kier molecular flexibility index (Phi) is 3.49. The molecule has 0 aliphatic carbocycles. The highest BCUT2D eigenvalue weighted by Crippen LogP contribution is 2.20. The molecule has 0 aromatic rings. The Labute approximate surface area is 71.8 Å². The van der Waals surface area contributed by atoms with Crippen LogP contribution in [0.5, 0.6) is 0 Å². The average molecular weight is 174 g/mol. The van der Waals surface area contributed by atoms with Gasteiger partial charge in [-0.2, -0.15) is 0 Å². The second kappa shape index (κ2) is 4.42. The van der Waals surface area contributed by atoms with E-state index in [0.717, 1.165) is 6.42 Å². The number of methoxy groups -OCH3 is 1. The molecule has 0 unspecified atom stereocenters. The number of carbonyl (C=O) groups excluding carboxylic acids is 1. The zero-order chi connectivity index (χ0) is 8.97. The molecule has 1 aliphatic heterocycles. The van der Waals surface area contributed by atoms with Crippen molar-refractivity contribution in [1.29, 1.82) is 0 Å². The highest BCUT2D eigenvalue weighted by atomic mass is 16.7. The molecule has 0 N–H and O–H groups in total. The molecular weight excluding hydrogens is 160 g/mol. The number of carbonyl (C=O) groups is 1. The molecule has 1 fully saturated rings. The molecule has 70 valence electrons. The highest BCUT2D eigenvalue weighted by Gasteiger charge is 2.34. The Hall–Kier alpha value is -0.610. The van der Waals surface area contributed by atoms with Gasteiger partial charge in [0.1, 0.15) is 19.0 Å². The average Bonchev–Trinajstić information content (AvgIpc) is 2.42. The molecule has 0 spiro atoms. The fraction of sp³-hybridized carbons (Fsp3) is 0.875. The van der Waals surface area contributed by atoms with E-state index >= 15 is 0 Å². The predicted octanol–water partition coefficient (Wildman–Crippen LogP) is 0.701. The van der Waals surface area contributed by atoms with Gasteiger partial charge in [-0.25, -0.2) is 0 Å². The summed E-state index contributed by atoms with van der Waals surface area (Å²) >= 11 is 0. The third-order valence-electron chi connectivity index (χ3n) is 1.87. The number of rotatable bonds is 4. The number of esters is 1. The van der Waals surface area contributed by atoms with Crippen molar-refractivity contribution in [1.82, 2.24) is 0 Å². The SMILES string of the molecule is CC[C@@H]1OC(=O)C[C@H]1OCOC. The van der Waals surface area contributed by atoms with E-state index in [9.17, 15) is 4.79 Å². The van der Waals surface area contributed by atoms with E-state index in [2.05, 4.69) is 0 Å². The largest absolute Gasteiger partial charge is 0.460 e. The van der Waals surface area contributed by atoms with E-state index < -0.39 is 0 Å². The van der Waals surface area contributed by atoms with Crippen molar-refractivity contribution in [2.75, 3.05) is 13.9 Å². The Morgan fingerprint density at radius 3 is 3.00 bits per heavy atom. The first kappa shape index (κ1) is 9.48. The summed E-state index contributed by atoms with van der Waals surface area (Å²) < 4.78 is 15.0. The van der Waals surface area contributed by atoms with E-state index in [1.165, 1.54) is 0 Å². The molecule has 0 radical (unpaired) electrons. The lowest BCUT2D eigenvalue weighted by atomic mass is 10.1. The summed E-state index contributed by atoms with van der Waals surface area (Å²) in [4.78, 5) is 10.8. The van der Waals surface area contributed by atoms with Crippen LogP contribution in [0.2, 0.25) is 0 Å². The van der Waals surface area contributed by atoms with Crippen LogP contribution in [0.1, 0.15) is 19.8 Å². The van der Waals surface area contributed by atoms with Gasteiger partial charge in [0.2, 0.25) is 0 Å². The number of ether oxygens (including phenoxy) is 3. The van der Waals surface area contributed by atoms with Gasteiger partial charge < -0.3 is 14.2 Å². The number of cyclic esters (lactones) is 1. The van der Waals surface area contributed by atoms with Crippen LogP contribution in [0.4, 0.5) is 0 Å². The molecule has 4 heteroatoms. The monoisotopic (exact) mass is 174 g/mol. The number of hydrogen-bond acceptors (Lipinski definition) is 4. The fourth-order valence-corrected chi connectivity index (χ4v) is 1.26. The second-order valence-electron chi connectivity index (χ2n) is 2.75. The van der Waals surface area contributed by atoms with Gasteiger partial charge in [-0.3, -0.25) is 4.79 Å². The molecule has 2 atom stereocenters. The lowest BCUT2D eigenvalue weighted by Gasteiger charge is -2.15. The van der Waals surface area contributed by atoms with Gasteiger partial charge in [0.05, 0.1) is 6.42 Å². The van der Waals surface area contributed by atoms with Crippen molar-refractivity contribution in [2.45, 2.75) is 32.0 Å². The summed E-state index contributed by atoms with van der Waals surface area (Å²) in [6, 6.07) is 0. The fourth-order valence-electron chi connectivity index (χ4n) is 1.26. The Bertz CT molecular complexity index is 157. The van der Waals surface area contributed by atoms with Crippen LogP contribution >= 0.6 is 0 Å². The zero-order valence-electron chi connectivity index (χ0n) is 7.41. The summed E-state index contributed by atoms with van der Waals surface area (Å²) in [5.41, 5.74) is 0. The summed E-state index contributed by atoms with van der Waals surface area (Å²) in [6.45, 7) is 2.18. The highest BCUT2D eigenvalue weighted by molar-refractivity contribution is 5.72. The summed E-state index contributed by atoms with van der Waals surface area (Å²) in [6.07, 6.45) is 0.928.